The quantitative estimate of drug-likeness (QED) is 0.680. The zero-order valence-electron chi connectivity index (χ0n) is 13.9. The molecule has 2 aromatic carbocycles. The summed E-state index contributed by atoms with van der Waals surface area (Å²) in [6.45, 7) is 2.55. The van der Waals surface area contributed by atoms with Crippen LogP contribution in [0.4, 0.5) is 11.4 Å². The Balaban J connectivity index is 0.00000243. The zero-order chi connectivity index (χ0) is 17.8. The molecule has 7 heteroatoms. The van der Waals surface area contributed by atoms with Gasteiger partial charge in [-0.15, -0.1) is 0 Å². The minimum atomic E-state index is -0.274. The number of hydrogen-bond acceptors (Lipinski definition) is 3. The molecule has 1 amide bonds. The van der Waals surface area contributed by atoms with Crippen molar-refractivity contribution in [1.82, 2.24) is 0 Å². The van der Waals surface area contributed by atoms with E-state index in [1.807, 2.05) is 37.3 Å². The maximum atomic E-state index is 12.0. The second-order valence-corrected chi connectivity index (χ2v) is 6.38. The average Bonchev–Trinajstić information content (AvgIpc) is 3.13. The van der Waals surface area contributed by atoms with Gasteiger partial charge in [0.2, 0.25) is 0 Å². The van der Waals surface area contributed by atoms with E-state index in [-0.39, 0.29) is 24.1 Å². The van der Waals surface area contributed by atoms with Crippen molar-refractivity contribution in [2.24, 2.45) is 0 Å². The summed E-state index contributed by atoms with van der Waals surface area (Å²) < 4.78 is 5.09. The summed E-state index contributed by atoms with van der Waals surface area (Å²) in [5.41, 5.74) is 3.65. The highest BCUT2D eigenvalue weighted by molar-refractivity contribution is 6.42. The molecular weight excluding hydrogens is 395 g/mol. The molecule has 1 aromatic heterocycles. The number of rotatable bonds is 5. The van der Waals surface area contributed by atoms with E-state index in [1.54, 1.807) is 18.2 Å². The van der Waals surface area contributed by atoms with Crippen LogP contribution in [0.25, 0.3) is 0 Å². The Labute approximate surface area is 167 Å². The Hall–Kier alpha value is -2.14. The molecule has 26 heavy (non-hydrogen) atoms. The first-order valence-corrected chi connectivity index (χ1v) is 8.42. The maximum Gasteiger partial charge on any atom is 0.291 e. The molecule has 1 heterocycles. The van der Waals surface area contributed by atoms with Crippen LogP contribution in [-0.4, -0.2) is 5.91 Å². The fourth-order valence-electron chi connectivity index (χ4n) is 2.36. The first-order chi connectivity index (χ1) is 12.0. The number of carbonyl (C=O) groups is 1. The Kier molecular flexibility index (Phi) is 6.98. The predicted molar refractivity (Wildman–Crippen MR) is 102 cm³/mol. The smallest absolute Gasteiger partial charge is 0.291 e. The lowest BCUT2D eigenvalue weighted by Crippen LogP contribution is -3.00. The summed E-state index contributed by atoms with van der Waals surface area (Å²) in [5.74, 6) is 0.00540. The molecule has 0 aliphatic heterocycles. The molecule has 0 saturated heterocycles. The minimum absolute atomic E-state index is 0. The topological polar surface area (TPSA) is 54.3 Å². The van der Waals surface area contributed by atoms with Crippen molar-refractivity contribution in [2.45, 2.75) is 13.5 Å². The van der Waals surface area contributed by atoms with Crippen LogP contribution in [0.3, 0.4) is 0 Å². The van der Waals surface area contributed by atoms with Crippen molar-refractivity contribution in [3.63, 3.8) is 0 Å². The highest BCUT2D eigenvalue weighted by atomic mass is 35.5. The molecule has 0 bridgehead atoms. The van der Waals surface area contributed by atoms with Crippen LogP contribution in [0.5, 0.6) is 0 Å². The molecule has 4 nitrogen and oxygen atoms in total. The van der Waals surface area contributed by atoms with Crippen LogP contribution in [0, 0.1) is 6.92 Å². The number of amides is 1. The molecule has 0 saturated carbocycles. The summed E-state index contributed by atoms with van der Waals surface area (Å²) in [6.07, 6.45) is 1.47. The van der Waals surface area contributed by atoms with Gasteiger partial charge in [0.15, 0.2) is 5.76 Å². The van der Waals surface area contributed by atoms with Gasteiger partial charge in [0.25, 0.3) is 5.91 Å². The van der Waals surface area contributed by atoms with E-state index in [0.717, 1.165) is 22.5 Å². The normalized spacial score (nSPS) is 10.1. The predicted octanol–water partition coefficient (Wildman–Crippen LogP) is 2.76. The molecule has 0 spiro atoms. The lowest BCUT2D eigenvalue weighted by atomic mass is 10.1. The monoisotopic (exact) mass is 409 g/mol. The Morgan fingerprint density at radius 3 is 2.54 bits per heavy atom. The van der Waals surface area contributed by atoms with Crippen LogP contribution in [0.15, 0.2) is 59.2 Å². The molecule has 0 aliphatic rings. The van der Waals surface area contributed by atoms with E-state index < -0.39 is 0 Å². The Bertz CT molecular complexity index is 896. The summed E-state index contributed by atoms with van der Waals surface area (Å²) in [4.78, 5) is 12.0. The van der Waals surface area contributed by atoms with Gasteiger partial charge < -0.3 is 27.5 Å². The molecule has 0 fully saturated rings. The molecule has 3 rings (SSSR count). The number of halogens is 3. The van der Waals surface area contributed by atoms with Gasteiger partial charge >= 0.3 is 0 Å². The van der Waals surface area contributed by atoms with Crippen LogP contribution in [-0.2, 0) is 6.54 Å². The van der Waals surface area contributed by atoms with Gasteiger partial charge in [-0.2, -0.15) is 0 Å². The molecule has 2 N–H and O–H groups in total. The van der Waals surface area contributed by atoms with Crippen molar-refractivity contribution >= 4 is 40.5 Å². The molecule has 0 atom stereocenters. The van der Waals surface area contributed by atoms with Crippen LogP contribution >= 0.6 is 23.2 Å². The van der Waals surface area contributed by atoms with Crippen molar-refractivity contribution in [3.8, 4) is 0 Å². The third-order valence-corrected chi connectivity index (χ3v) is 4.44. The summed E-state index contributed by atoms with van der Waals surface area (Å²) in [6, 6.07) is 14.6. The minimum Gasteiger partial charge on any atom is -1.00 e. The third kappa shape index (κ3) is 4.94. The Morgan fingerprint density at radius 1 is 1.08 bits per heavy atom. The van der Waals surface area contributed by atoms with Crippen LogP contribution in [0.2, 0.25) is 10.0 Å². The fraction of sp³-hybridized carbons (Fsp3) is 0.105. The summed E-state index contributed by atoms with van der Waals surface area (Å²) >= 11 is 11.9. The average molecular weight is 411 g/mol. The number of benzene rings is 2. The van der Waals surface area contributed by atoms with E-state index in [2.05, 4.69) is 10.6 Å². The molecule has 3 aromatic rings. The Morgan fingerprint density at radius 2 is 1.88 bits per heavy atom. The summed E-state index contributed by atoms with van der Waals surface area (Å²) in [7, 11) is 0. The van der Waals surface area contributed by atoms with Crippen molar-refractivity contribution < 1.29 is 21.6 Å². The van der Waals surface area contributed by atoms with E-state index in [9.17, 15) is 4.79 Å². The first kappa shape index (κ1) is 20.2. The van der Waals surface area contributed by atoms with E-state index >= 15 is 0 Å². The van der Waals surface area contributed by atoms with Crippen molar-refractivity contribution in [2.75, 3.05) is 10.6 Å². The molecule has 0 radical (unpaired) electrons. The van der Waals surface area contributed by atoms with Gasteiger partial charge in [-0.25, -0.2) is 0 Å². The van der Waals surface area contributed by atoms with Crippen LogP contribution < -0.4 is 23.0 Å². The standard InChI is InChI=1S/C19H16Cl2N2O2.ClH/c1-12-9-14(22-11-13-4-6-15(20)16(21)10-13)5-7-17(12)23-19(24)18-3-2-8-25-18;/h2-10,22H,11H2,1H3,(H,23,24);1H/p-1. The van der Waals surface area contributed by atoms with Crippen LogP contribution in [0.1, 0.15) is 21.7 Å². The number of aryl methyl sites for hydroxylation is 1. The van der Waals surface area contributed by atoms with E-state index in [4.69, 9.17) is 27.6 Å². The van der Waals surface area contributed by atoms with Gasteiger partial charge in [0.1, 0.15) is 0 Å². The lowest BCUT2D eigenvalue weighted by molar-refractivity contribution is -0.0000125. The van der Waals surface area contributed by atoms with E-state index in [0.29, 0.717) is 16.6 Å². The number of anilines is 2. The second kappa shape index (κ2) is 8.99. The SMILES string of the molecule is Cc1cc(NCc2ccc(Cl)c(Cl)c2)ccc1NC(=O)c1ccco1.[Cl-]. The van der Waals surface area contributed by atoms with Gasteiger partial charge in [0, 0.05) is 17.9 Å². The van der Waals surface area contributed by atoms with Gasteiger partial charge in [-0.05, 0) is 60.5 Å². The molecular formula is C19H16Cl3N2O2-. The van der Waals surface area contributed by atoms with Gasteiger partial charge in [-0.3, -0.25) is 4.79 Å². The zero-order valence-corrected chi connectivity index (χ0v) is 16.1. The van der Waals surface area contributed by atoms with E-state index in [1.165, 1.54) is 6.26 Å². The van der Waals surface area contributed by atoms with Gasteiger partial charge in [-0.1, -0.05) is 29.3 Å². The number of hydrogen-bond donors (Lipinski definition) is 2. The van der Waals surface area contributed by atoms with Gasteiger partial charge in [0.05, 0.1) is 16.3 Å². The number of furan rings is 1. The first-order valence-electron chi connectivity index (χ1n) is 7.66. The highest BCUT2D eigenvalue weighted by Gasteiger charge is 2.10. The lowest BCUT2D eigenvalue weighted by Gasteiger charge is -2.12. The molecule has 136 valence electrons. The largest absolute Gasteiger partial charge is 1.00 e. The maximum absolute atomic E-state index is 12.0. The molecule has 0 aliphatic carbocycles. The molecule has 0 unspecified atom stereocenters. The summed E-state index contributed by atoms with van der Waals surface area (Å²) in [5, 5.41) is 7.23. The fourth-order valence-corrected chi connectivity index (χ4v) is 2.68. The van der Waals surface area contributed by atoms with Crippen molar-refractivity contribution in [1.29, 1.82) is 0 Å². The number of nitrogens with one attached hydrogen (secondary N) is 2. The highest BCUT2D eigenvalue weighted by Crippen LogP contribution is 2.24. The second-order valence-electron chi connectivity index (χ2n) is 5.56. The van der Waals surface area contributed by atoms with Crippen molar-refractivity contribution in [3.05, 3.63) is 81.7 Å². The third-order valence-electron chi connectivity index (χ3n) is 3.70. The number of carbonyl (C=O) groups excluding carboxylic acids is 1.